The van der Waals surface area contributed by atoms with E-state index >= 15 is 0 Å². The number of amides is 3. The van der Waals surface area contributed by atoms with Crippen LogP contribution in [0.3, 0.4) is 0 Å². The molecule has 3 amide bonds. The number of hydrogen-bond donors (Lipinski definition) is 3. The van der Waals surface area contributed by atoms with E-state index < -0.39 is 6.03 Å². The Balaban J connectivity index is 1.99. The molecule has 0 aromatic heterocycles. The summed E-state index contributed by atoms with van der Waals surface area (Å²) in [5, 5.41) is 8.35. The highest BCUT2D eigenvalue weighted by Crippen LogP contribution is 2.26. The summed E-state index contributed by atoms with van der Waals surface area (Å²) in [7, 11) is 1.51. The van der Waals surface area contributed by atoms with Crippen molar-refractivity contribution in [3.63, 3.8) is 0 Å². The average molecular weight is 282 g/mol. The third-order valence-corrected chi connectivity index (χ3v) is 4.50. The summed E-state index contributed by atoms with van der Waals surface area (Å²) in [4.78, 5) is 25.7. The minimum absolute atomic E-state index is 0.214. The Labute approximate surface area is 120 Å². The van der Waals surface area contributed by atoms with Gasteiger partial charge in [0.1, 0.15) is 0 Å². The SMILES string of the molecule is CNC(=O)NC(=O)C(C)N1CCCCC1C1CCCN1. The fraction of sp³-hybridized carbons (Fsp3) is 0.857. The molecule has 2 heterocycles. The maximum absolute atomic E-state index is 12.1. The van der Waals surface area contributed by atoms with Gasteiger partial charge in [-0.1, -0.05) is 6.42 Å². The summed E-state index contributed by atoms with van der Waals surface area (Å²) < 4.78 is 0. The van der Waals surface area contributed by atoms with Crippen LogP contribution in [0.15, 0.2) is 0 Å². The van der Waals surface area contributed by atoms with Crippen LogP contribution in [-0.4, -0.2) is 55.1 Å². The first kappa shape index (κ1) is 15.3. The Morgan fingerprint density at radius 3 is 2.70 bits per heavy atom. The molecule has 2 aliphatic rings. The van der Waals surface area contributed by atoms with Crippen molar-refractivity contribution >= 4 is 11.9 Å². The largest absolute Gasteiger partial charge is 0.341 e. The number of carbonyl (C=O) groups is 2. The van der Waals surface area contributed by atoms with Crippen LogP contribution in [0.25, 0.3) is 0 Å². The quantitative estimate of drug-likeness (QED) is 0.702. The monoisotopic (exact) mass is 282 g/mol. The molecule has 2 aliphatic heterocycles. The first-order chi connectivity index (χ1) is 9.63. The van der Waals surface area contributed by atoms with Gasteiger partial charge in [0.2, 0.25) is 5.91 Å². The molecule has 0 aromatic rings. The molecule has 6 nitrogen and oxygen atoms in total. The predicted octanol–water partition coefficient (Wildman–Crippen LogP) is 0.437. The van der Waals surface area contributed by atoms with Gasteiger partial charge in [-0.15, -0.1) is 0 Å². The predicted molar refractivity (Wildman–Crippen MR) is 77.4 cm³/mol. The van der Waals surface area contributed by atoms with Gasteiger partial charge in [0.25, 0.3) is 0 Å². The molecular formula is C14H26N4O2. The molecule has 20 heavy (non-hydrogen) atoms. The lowest BCUT2D eigenvalue weighted by atomic mass is 9.93. The molecule has 0 bridgehead atoms. The maximum Gasteiger partial charge on any atom is 0.321 e. The van der Waals surface area contributed by atoms with Crippen molar-refractivity contribution in [1.82, 2.24) is 20.9 Å². The molecular weight excluding hydrogens is 256 g/mol. The summed E-state index contributed by atoms with van der Waals surface area (Å²) in [5.74, 6) is -0.214. The van der Waals surface area contributed by atoms with Crippen LogP contribution >= 0.6 is 0 Å². The first-order valence-corrected chi connectivity index (χ1v) is 7.65. The van der Waals surface area contributed by atoms with Gasteiger partial charge in [0, 0.05) is 19.1 Å². The lowest BCUT2D eigenvalue weighted by Gasteiger charge is -2.42. The van der Waals surface area contributed by atoms with Gasteiger partial charge >= 0.3 is 6.03 Å². The number of urea groups is 1. The Bertz CT molecular complexity index is 355. The van der Waals surface area contributed by atoms with Crippen LogP contribution in [0.2, 0.25) is 0 Å². The van der Waals surface area contributed by atoms with E-state index in [4.69, 9.17) is 0 Å². The molecule has 0 saturated carbocycles. The van der Waals surface area contributed by atoms with Crippen molar-refractivity contribution in [2.75, 3.05) is 20.1 Å². The highest BCUT2D eigenvalue weighted by Gasteiger charge is 2.36. The number of likely N-dealkylation sites (tertiary alicyclic amines) is 1. The van der Waals surface area contributed by atoms with E-state index in [1.807, 2.05) is 6.92 Å². The van der Waals surface area contributed by atoms with E-state index in [0.717, 1.165) is 25.9 Å². The number of carbonyl (C=O) groups excluding carboxylic acids is 2. The normalized spacial score (nSPS) is 28.9. The van der Waals surface area contributed by atoms with Gasteiger partial charge in [-0.2, -0.15) is 0 Å². The molecule has 0 aromatic carbocycles. The fourth-order valence-corrected chi connectivity index (χ4v) is 3.36. The summed E-state index contributed by atoms with van der Waals surface area (Å²) in [6.45, 7) is 3.91. The molecule has 2 rings (SSSR count). The van der Waals surface area contributed by atoms with Crippen LogP contribution in [0.4, 0.5) is 4.79 Å². The van der Waals surface area contributed by atoms with Crippen LogP contribution in [-0.2, 0) is 4.79 Å². The summed E-state index contributed by atoms with van der Waals surface area (Å²) >= 11 is 0. The third kappa shape index (κ3) is 3.49. The van der Waals surface area contributed by atoms with Gasteiger partial charge in [0.05, 0.1) is 6.04 Å². The smallest absolute Gasteiger partial charge is 0.321 e. The van der Waals surface area contributed by atoms with Crippen molar-refractivity contribution in [2.45, 2.75) is 57.2 Å². The summed E-state index contributed by atoms with van der Waals surface area (Å²) in [6.07, 6.45) is 5.89. The molecule has 2 fully saturated rings. The van der Waals surface area contributed by atoms with Gasteiger partial charge in [-0.25, -0.2) is 4.79 Å². The molecule has 114 valence electrons. The first-order valence-electron chi connectivity index (χ1n) is 7.65. The summed E-state index contributed by atoms with van der Waals surface area (Å²) in [5.41, 5.74) is 0. The van der Waals surface area contributed by atoms with Crippen LogP contribution in [0, 0.1) is 0 Å². The standard InChI is InChI=1S/C14H26N4O2/c1-10(13(19)17-14(20)15-2)18-9-4-3-7-12(18)11-6-5-8-16-11/h10-12,16H,3-9H2,1-2H3,(H2,15,17,19,20). The Kier molecular flexibility index (Phi) is 5.37. The van der Waals surface area contributed by atoms with E-state index in [9.17, 15) is 9.59 Å². The molecule has 3 N–H and O–H groups in total. The van der Waals surface area contributed by atoms with Crippen molar-refractivity contribution in [3.8, 4) is 0 Å². The summed E-state index contributed by atoms with van der Waals surface area (Å²) in [6, 6.07) is 0.205. The molecule has 0 spiro atoms. The van der Waals surface area contributed by atoms with Crippen LogP contribution < -0.4 is 16.0 Å². The second kappa shape index (κ2) is 7.04. The van der Waals surface area contributed by atoms with E-state index in [1.54, 1.807) is 0 Å². The number of nitrogens with zero attached hydrogens (tertiary/aromatic N) is 1. The molecule has 0 radical (unpaired) electrons. The molecule has 3 atom stereocenters. The van der Waals surface area contributed by atoms with Gasteiger partial charge < -0.3 is 10.6 Å². The number of nitrogens with one attached hydrogen (secondary N) is 3. The van der Waals surface area contributed by atoms with Crippen LogP contribution in [0.5, 0.6) is 0 Å². The zero-order chi connectivity index (χ0) is 14.5. The minimum atomic E-state index is -0.436. The van der Waals surface area contributed by atoms with E-state index in [2.05, 4.69) is 20.9 Å². The zero-order valence-corrected chi connectivity index (χ0v) is 12.4. The van der Waals surface area contributed by atoms with E-state index in [-0.39, 0.29) is 11.9 Å². The van der Waals surface area contributed by atoms with Gasteiger partial charge in [-0.05, 0) is 45.7 Å². The Morgan fingerprint density at radius 1 is 1.25 bits per heavy atom. The maximum atomic E-state index is 12.1. The molecule has 0 aliphatic carbocycles. The molecule has 2 saturated heterocycles. The van der Waals surface area contributed by atoms with E-state index in [0.29, 0.717) is 12.1 Å². The number of imide groups is 1. The average Bonchev–Trinajstić information content (AvgIpc) is 3.00. The topological polar surface area (TPSA) is 73.5 Å². The second-order valence-corrected chi connectivity index (χ2v) is 5.75. The van der Waals surface area contributed by atoms with Gasteiger partial charge in [0.15, 0.2) is 0 Å². The van der Waals surface area contributed by atoms with E-state index in [1.165, 1.54) is 26.3 Å². The number of rotatable bonds is 3. The second-order valence-electron chi connectivity index (χ2n) is 5.75. The van der Waals surface area contributed by atoms with Crippen LogP contribution in [0.1, 0.15) is 39.0 Å². The van der Waals surface area contributed by atoms with Crippen molar-refractivity contribution < 1.29 is 9.59 Å². The Hall–Kier alpha value is -1.14. The highest BCUT2D eigenvalue weighted by molar-refractivity contribution is 5.96. The number of piperidine rings is 1. The molecule has 6 heteroatoms. The lowest BCUT2D eigenvalue weighted by molar-refractivity contribution is -0.126. The van der Waals surface area contributed by atoms with Crippen molar-refractivity contribution in [3.05, 3.63) is 0 Å². The fourth-order valence-electron chi connectivity index (χ4n) is 3.36. The van der Waals surface area contributed by atoms with Crippen molar-refractivity contribution in [2.24, 2.45) is 0 Å². The third-order valence-electron chi connectivity index (χ3n) is 4.50. The lowest BCUT2D eigenvalue weighted by Crippen LogP contribution is -2.58. The molecule has 3 unspecified atom stereocenters. The zero-order valence-electron chi connectivity index (χ0n) is 12.4. The Morgan fingerprint density at radius 2 is 2.05 bits per heavy atom. The van der Waals surface area contributed by atoms with Gasteiger partial charge in [-0.3, -0.25) is 15.0 Å². The minimum Gasteiger partial charge on any atom is -0.341 e. The number of hydrogen-bond acceptors (Lipinski definition) is 4. The highest BCUT2D eigenvalue weighted by atomic mass is 16.2. The van der Waals surface area contributed by atoms with Crippen molar-refractivity contribution in [1.29, 1.82) is 0 Å².